The maximum Gasteiger partial charge on any atom is 0.249 e. The summed E-state index contributed by atoms with van der Waals surface area (Å²) in [7, 11) is 0. The minimum Gasteiger partial charge on any atom is -0.390 e. The molecule has 0 bridgehead atoms. The molecule has 0 fully saturated rings. The van der Waals surface area contributed by atoms with E-state index < -0.39 is 5.60 Å². The van der Waals surface area contributed by atoms with Gasteiger partial charge in [-0.1, -0.05) is 21.5 Å². The van der Waals surface area contributed by atoms with Crippen molar-refractivity contribution < 1.29 is 9.90 Å². The first-order valence-corrected chi connectivity index (χ1v) is 8.13. The van der Waals surface area contributed by atoms with Gasteiger partial charge in [-0.05, 0) is 74.3 Å². The second-order valence-electron chi connectivity index (χ2n) is 6.67. The number of hydrogen-bond donors (Lipinski definition) is 2. The van der Waals surface area contributed by atoms with E-state index in [1.54, 1.807) is 6.07 Å². The van der Waals surface area contributed by atoms with Crippen LogP contribution >= 0.6 is 15.9 Å². The van der Waals surface area contributed by atoms with Crippen LogP contribution in [0.5, 0.6) is 0 Å². The van der Waals surface area contributed by atoms with Crippen LogP contribution in [-0.2, 0) is 6.42 Å². The molecule has 112 valence electrons. The minimum atomic E-state index is -0.656. The lowest BCUT2D eigenvalue weighted by molar-refractivity contribution is 0.0123. The number of carbonyl (C=O) groups excluding carboxylic acids is 1. The maximum atomic E-state index is 11.6. The average Bonchev–Trinajstić information content (AvgIpc) is 2.76. The number of benzene rings is 1. The molecule has 21 heavy (non-hydrogen) atoms. The van der Waals surface area contributed by atoms with E-state index in [9.17, 15) is 9.90 Å². The SMILES string of the molecule is CC(C)(O)[C@@H]1CCC2=C(Cc3c(C(N)=O)ccc(Br)c32)C1. The van der Waals surface area contributed by atoms with Gasteiger partial charge in [0.25, 0.3) is 0 Å². The minimum absolute atomic E-state index is 0.279. The topological polar surface area (TPSA) is 63.3 Å². The molecule has 2 aliphatic rings. The molecule has 1 aromatic carbocycles. The first-order valence-electron chi connectivity index (χ1n) is 7.34. The van der Waals surface area contributed by atoms with E-state index in [0.29, 0.717) is 5.56 Å². The van der Waals surface area contributed by atoms with Crippen molar-refractivity contribution in [3.63, 3.8) is 0 Å². The predicted octanol–water partition coefficient (Wildman–Crippen LogP) is 3.43. The number of aliphatic hydroxyl groups is 1. The van der Waals surface area contributed by atoms with Crippen molar-refractivity contribution in [2.24, 2.45) is 11.7 Å². The number of halogens is 1. The van der Waals surface area contributed by atoms with E-state index >= 15 is 0 Å². The van der Waals surface area contributed by atoms with Crippen LogP contribution in [0.4, 0.5) is 0 Å². The van der Waals surface area contributed by atoms with E-state index in [2.05, 4.69) is 15.9 Å². The Labute approximate surface area is 133 Å². The fourth-order valence-electron chi connectivity index (χ4n) is 3.68. The van der Waals surface area contributed by atoms with Crippen molar-refractivity contribution >= 4 is 27.4 Å². The summed E-state index contributed by atoms with van der Waals surface area (Å²) in [6, 6.07) is 3.72. The van der Waals surface area contributed by atoms with Crippen molar-refractivity contribution in [3.05, 3.63) is 38.9 Å². The normalized spacial score (nSPS) is 21.2. The summed E-state index contributed by atoms with van der Waals surface area (Å²) in [5.41, 5.74) is 10.4. The van der Waals surface area contributed by atoms with Crippen molar-refractivity contribution in [1.29, 1.82) is 0 Å². The van der Waals surface area contributed by atoms with Crippen molar-refractivity contribution in [1.82, 2.24) is 0 Å². The summed E-state index contributed by atoms with van der Waals surface area (Å²) in [5, 5.41) is 10.3. The van der Waals surface area contributed by atoms with Gasteiger partial charge in [0.1, 0.15) is 0 Å². The third-order valence-corrected chi connectivity index (χ3v) is 5.54. The fraction of sp³-hybridized carbons (Fsp3) is 0.471. The van der Waals surface area contributed by atoms with E-state index in [0.717, 1.165) is 41.3 Å². The van der Waals surface area contributed by atoms with Gasteiger partial charge in [-0.3, -0.25) is 4.79 Å². The molecule has 0 radical (unpaired) electrons. The third kappa shape index (κ3) is 2.44. The van der Waals surface area contributed by atoms with E-state index in [4.69, 9.17) is 5.73 Å². The van der Waals surface area contributed by atoms with E-state index in [1.807, 2.05) is 19.9 Å². The number of nitrogens with two attached hydrogens (primary N) is 1. The number of amides is 1. The zero-order valence-corrected chi connectivity index (χ0v) is 14.0. The number of primary amides is 1. The first-order chi connectivity index (χ1) is 9.79. The zero-order valence-electron chi connectivity index (χ0n) is 12.4. The molecule has 2 aliphatic carbocycles. The molecule has 0 unspecified atom stereocenters. The summed E-state index contributed by atoms with van der Waals surface area (Å²) in [6.07, 6.45) is 3.62. The summed E-state index contributed by atoms with van der Waals surface area (Å²) >= 11 is 3.61. The van der Waals surface area contributed by atoms with E-state index in [1.165, 1.54) is 11.1 Å². The molecule has 0 aromatic heterocycles. The number of rotatable bonds is 2. The predicted molar refractivity (Wildman–Crippen MR) is 86.9 cm³/mol. The highest BCUT2D eigenvalue weighted by Crippen LogP contribution is 2.48. The zero-order chi connectivity index (χ0) is 15.4. The lowest BCUT2D eigenvalue weighted by Crippen LogP contribution is -2.32. The molecule has 3 rings (SSSR count). The molecule has 4 heteroatoms. The Morgan fingerprint density at radius 1 is 1.43 bits per heavy atom. The molecule has 0 heterocycles. The monoisotopic (exact) mass is 349 g/mol. The van der Waals surface area contributed by atoms with Crippen LogP contribution in [0.15, 0.2) is 22.2 Å². The Bertz CT molecular complexity index is 655. The molecular weight excluding hydrogens is 330 g/mol. The van der Waals surface area contributed by atoms with Crippen LogP contribution in [-0.4, -0.2) is 16.6 Å². The van der Waals surface area contributed by atoms with E-state index in [-0.39, 0.29) is 11.8 Å². The average molecular weight is 350 g/mol. The summed E-state index contributed by atoms with van der Waals surface area (Å²) in [5.74, 6) is -0.0843. The van der Waals surface area contributed by atoms with Gasteiger partial charge in [-0.15, -0.1) is 0 Å². The Morgan fingerprint density at radius 2 is 2.14 bits per heavy atom. The van der Waals surface area contributed by atoms with Crippen LogP contribution in [0.1, 0.15) is 54.6 Å². The van der Waals surface area contributed by atoms with Gasteiger partial charge in [0.15, 0.2) is 0 Å². The Hall–Kier alpha value is -1.13. The van der Waals surface area contributed by atoms with Gasteiger partial charge in [0.05, 0.1) is 5.60 Å². The molecule has 1 aromatic rings. The molecule has 0 saturated heterocycles. The number of allylic oxidation sites excluding steroid dienone is 2. The van der Waals surface area contributed by atoms with Gasteiger partial charge in [0.2, 0.25) is 5.91 Å². The number of fused-ring (bicyclic) bond motifs is 2. The summed E-state index contributed by atoms with van der Waals surface area (Å²) in [6.45, 7) is 3.77. The molecule has 3 N–H and O–H groups in total. The largest absolute Gasteiger partial charge is 0.390 e. The van der Waals surface area contributed by atoms with Crippen LogP contribution in [0.25, 0.3) is 5.57 Å². The Morgan fingerprint density at radius 3 is 2.76 bits per heavy atom. The van der Waals surface area contributed by atoms with Crippen molar-refractivity contribution in [2.45, 2.75) is 45.1 Å². The molecule has 1 amide bonds. The highest BCUT2D eigenvalue weighted by Gasteiger charge is 2.36. The first kappa shape index (κ1) is 14.8. The Kier molecular flexibility index (Phi) is 3.49. The van der Waals surface area contributed by atoms with Gasteiger partial charge in [0, 0.05) is 10.0 Å². The molecular formula is C17H20BrNO2. The van der Waals surface area contributed by atoms with Gasteiger partial charge < -0.3 is 10.8 Å². The van der Waals surface area contributed by atoms with Gasteiger partial charge in [-0.2, -0.15) is 0 Å². The maximum absolute atomic E-state index is 11.6. The van der Waals surface area contributed by atoms with Crippen molar-refractivity contribution in [2.75, 3.05) is 0 Å². The smallest absolute Gasteiger partial charge is 0.249 e. The molecule has 0 aliphatic heterocycles. The number of carbonyl (C=O) groups is 1. The fourth-order valence-corrected chi connectivity index (χ4v) is 4.29. The standard InChI is InChI=1S/C17H20BrNO2/c1-17(2,21)10-3-4-11-9(7-10)8-13-12(16(19)20)5-6-14(18)15(11)13/h5-6,10,21H,3-4,7-8H2,1-2H3,(H2,19,20)/t10-/m1/s1. The second-order valence-corrected chi connectivity index (χ2v) is 7.52. The molecule has 3 nitrogen and oxygen atoms in total. The highest BCUT2D eigenvalue weighted by atomic mass is 79.9. The van der Waals surface area contributed by atoms with Gasteiger partial charge >= 0.3 is 0 Å². The molecule has 0 spiro atoms. The van der Waals surface area contributed by atoms with Crippen LogP contribution in [0, 0.1) is 5.92 Å². The van der Waals surface area contributed by atoms with Crippen molar-refractivity contribution in [3.8, 4) is 0 Å². The van der Waals surface area contributed by atoms with Gasteiger partial charge in [-0.25, -0.2) is 0 Å². The summed E-state index contributed by atoms with van der Waals surface area (Å²) < 4.78 is 1.04. The highest BCUT2D eigenvalue weighted by molar-refractivity contribution is 9.10. The second kappa shape index (κ2) is 4.96. The van der Waals surface area contributed by atoms with Crippen LogP contribution < -0.4 is 5.73 Å². The Balaban J connectivity index is 2.02. The van der Waals surface area contributed by atoms with Crippen LogP contribution in [0.3, 0.4) is 0 Å². The molecule has 0 saturated carbocycles. The lowest BCUT2D eigenvalue weighted by Gasteiger charge is -2.33. The third-order valence-electron chi connectivity index (χ3n) is 4.88. The molecule has 1 atom stereocenters. The summed E-state index contributed by atoms with van der Waals surface area (Å²) in [4.78, 5) is 11.6. The quantitative estimate of drug-likeness (QED) is 0.858. The lowest BCUT2D eigenvalue weighted by atomic mass is 9.76. The van der Waals surface area contributed by atoms with Crippen LogP contribution in [0.2, 0.25) is 0 Å². The number of hydrogen-bond acceptors (Lipinski definition) is 2.